The maximum atomic E-state index is 12.3. The quantitative estimate of drug-likeness (QED) is 0.742. The van der Waals surface area contributed by atoms with Crippen molar-refractivity contribution in [3.63, 3.8) is 0 Å². The molecule has 0 bridgehead atoms. The average Bonchev–Trinajstić information content (AvgIpc) is 2.47. The number of carbonyl (C=O) groups is 1. The Kier molecular flexibility index (Phi) is 6.65. The van der Waals surface area contributed by atoms with Crippen LogP contribution in [0.15, 0.2) is 24.3 Å². The highest BCUT2D eigenvalue weighted by Gasteiger charge is 2.21. The molecular weight excluding hydrogens is 268 g/mol. The molecule has 0 saturated heterocycles. The number of methoxy groups -OCH3 is 1. The molecule has 0 fully saturated rings. The lowest BCUT2D eigenvalue weighted by atomic mass is 9.93. The van der Waals surface area contributed by atoms with Gasteiger partial charge in [0.15, 0.2) is 0 Å². The molecule has 5 nitrogen and oxygen atoms in total. The summed E-state index contributed by atoms with van der Waals surface area (Å²) in [4.78, 5) is 14.0. The van der Waals surface area contributed by atoms with E-state index in [2.05, 4.69) is 0 Å². The van der Waals surface area contributed by atoms with E-state index in [9.17, 15) is 4.79 Å². The van der Waals surface area contributed by atoms with E-state index in [1.165, 1.54) is 0 Å². The van der Waals surface area contributed by atoms with Crippen LogP contribution in [0.25, 0.3) is 0 Å². The molecule has 21 heavy (non-hydrogen) atoms. The summed E-state index contributed by atoms with van der Waals surface area (Å²) in [6.07, 6.45) is 0. The summed E-state index contributed by atoms with van der Waals surface area (Å²) in [7, 11) is 3.42. The van der Waals surface area contributed by atoms with Gasteiger partial charge in [-0.05, 0) is 36.2 Å². The number of hydrogen-bond donors (Lipinski definition) is 1. The molecule has 1 amide bonds. The molecule has 1 rings (SSSR count). The topological polar surface area (TPSA) is 64.8 Å². The van der Waals surface area contributed by atoms with Crippen LogP contribution in [0.1, 0.15) is 24.2 Å². The minimum atomic E-state index is -0.0897. The van der Waals surface area contributed by atoms with Crippen molar-refractivity contribution in [1.82, 2.24) is 4.90 Å². The van der Waals surface area contributed by atoms with E-state index < -0.39 is 0 Å². The first-order chi connectivity index (χ1) is 9.89. The Hall–Kier alpha value is -1.59. The predicted octanol–water partition coefficient (Wildman–Crippen LogP) is 1.77. The molecule has 0 spiro atoms. The third-order valence-corrected chi connectivity index (χ3v) is 3.22. The van der Waals surface area contributed by atoms with Crippen molar-refractivity contribution < 1.29 is 14.3 Å². The van der Waals surface area contributed by atoms with E-state index in [0.29, 0.717) is 31.9 Å². The summed E-state index contributed by atoms with van der Waals surface area (Å²) in [6.45, 7) is 6.28. The molecule has 1 aromatic carbocycles. The highest BCUT2D eigenvalue weighted by molar-refractivity contribution is 5.94. The van der Waals surface area contributed by atoms with Crippen LogP contribution in [-0.2, 0) is 4.74 Å². The number of nitrogens with zero attached hydrogens (tertiary/aromatic N) is 1. The Morgan fingerprint density at radius 3 is 2.38 bits per heavy atom. The second-order valence-corrected chi connectivity index (χ2v) is 5.90. The van der Waals surface area contributed by atoms with Crippen molar-refractivity contribution >= 4 is 5.91 Å². The molecule has 0 saturated carbocycles. The molecule has 0 radical (unpaired) electrons. The van der Waals surface area contributed by atoms with Crippen molar-refractivity contribution in [2.75, 3.05) is 40.5 Å². The second-order valence-electron chi connectivity index (χ2n) is 5.90. The molecule has 0 aliphatic rings. The largest absolute Gasteiger partial charge is 0.491 e. The van der Waals surface area contributed by atoms with Crippen molar-refractivity contribution in [1.29, 1.82) is 0 Å². The van der Waals surface area contributed by atoms with Gasteiger partial charge in [-0.3, -0.25) is 4.79 Å². The molecule has 2 N–H and O–H groups in total. The molecule has 0 atom stereocenters. The number of benzene rings is 1. The van der Waals surface area contributed by atoms with Gasteiger partial charge in [-0.15, -0.1) is 0 Å². The Balaban J connectivity index is 2.62. The maximum absolute atomic E-state index is 12.3. The van der Waals surface area contributed by atoms with Gasteiger partial charge in [0.2, 0.25) is 0 Å². The minimum Gasteiger partial charge on any atom is -0.491 e. The van der Waals surface area contributed by atoms with Crippen LogP contribution in [0, 0.1) is 5.41 Å². The summed E-state index contributed by atoms with van der Waals surface area (Å²) in [5.74, 6) is 0.716. The van der Waals surface area contributed by atoms with Crippen molar-refractivity contribution in [2.24, 2.45) is 11.1 Å². The number of rotatable bonds is 8. The average molecular weight is 294 g/mol. The van der Waals surface area contributed by atoms with Gasteiger partial charge < -0.3 is 20.1 Å². The normalized spacial score (nSPS) is 11.3. The van der Waals surface area contributed by atoms with Crippen LogP contribution in [0.3, 0.4) is 0 Å². The van der Waals surface area contributed by atoms with Crippen LogP contribution < -0.4 is 10.5 Å². The van der Waals surface area contributed by atoms with Crippen LogP contribution in [-0.4, -0.2) is 51.3 Å². The molecule has 5 heteroatoms. The zero-order valence-corrected chi connectivity index (χ0v) is 13.4. The van der Waals surface area contributed by atoms with Crippen molar-refractivity contribution in [3.8, 4) is 5.75 Å². The smallest absolute Gasteiger partial charge is 0.253 e. The van der Waals surface area contributed by atoms with E-state index in [-0.39, 0.29) is 11.3 Å². The van der Waals surface area contributed by atoms with E-state index in [1.807, 2.05) is 13.8 Å². The number of hydrogen-bond acceptors (Lipinski definition) is 4. The van der Waals surface area contributed by atoms with E-state index >= 15 is 0 Å². The minimum absolute atomic E-state index is 0.0139. The summed E-state index contributed by atoms with van der Waals surface area (Å²) < 4.78 is 10.4. The first-order valence-electron chi connectivity index (χ1n) is 7.07. The fourth-order valence-corrected chi connectivity index (χ4v) is 1.94. The lowest BCUT2D eigenvalue weighted by Gasteiger charge is -2.29. The van der Waals surface area contributed by atoms with Gasteiger partial charge in [-0.25, -0.2) is 0 Å². The zero-order valence-electron chi connectivity index (χ0n) is 13.4. The maximum Gasteiger partial charge on any atom is 0.253 e. The monoisotopic (exact) mass is 294 g/mol. The van der Waals surface area contributed by atoms with Crippen LogP contribution in [0.2, 0.25) is 0 Å². The van der Waals surface area contributed by atoms with Gasteiger partial charge in [0.25, 0.3) is 5.91 Å². The molecule has 0 aromatic heterocycles. The summed E-state index contributed by atoms with van der Waals surface area (Å²) in [5, 5.41) is 0. The summed E-state index contributed by atoms with van der Waals surface area (Å²) >= 11 is 0. The number of nitrogens with two attached hydrogens (primary N) is 1. The van der Waals surface area contributed by atoms with Crippen LogP contribution >= 0.6 is 0 Å². The molecule has 118 valence electrons. The fraction of sp³-hybridized carbons (Fsp3) is 0.562. The molecule has 0 aliphatic carbocycles. The van der Waals surface area contributed by atoms with Gasteiger partial charge in [-0.2, -0.15) is 0 Å². The summed E-state index contributed by atoms with van der Waals surface area (Å²) in [5.41, 5.74) is 6.26. The molecule has 0 aliphatic heterocycles. The van der Waals surface area contributed by atoms with E-state index in [1.54, 1.807) is 43.3 Å². The lowest BCUT2D eigenvalue weighted by molar-refractivity contribution is 0.0740. The highest BCUT2D eigenvalue weighted by atomic mass is 16.5. The number of carbonyl (C=O) groups excluding carboxylic acids is 1. The van der Waals surface area contributed by atoms with Crippen molar-refractivity contribution in [2.45, 2.75) is 13.8 Å². The Morgan fingerprint density at radius 1 is 1.24 bits per heavy atom. The standard InChI is InChI=1S/C16H26N2O3/c1-16(2,11-17)12-18(3)15(19)13-5-7-14(8-6-13)21-10-9-20-4/h5-8H,9-12,17H2,1-4H3. The fourth-order valence-electron chi connectivity index (χ4n) is 1.94. The SMILES string of the molecule is COCCOc1ccc(C(=O)N(C)CC(C)(C)CN)cc1. The Morgan fingerprint density at radius 2 is 1.86 bits per heavy atom. The van der Waals surface area contributed by atoms with Gasteiger partial charge in [0.05, 0.1) is 6.61 Å². The Bertz CT molecular complexity index is 443. The first-order valence-corrected chi connectivity index (χ1v) is 7.07. The molecule has 1 aromatic rings. The van der Waals surface area contributed by atoms with Gasteiger partial charge in [0.1, 0.15) is 12.4 Å². The summed E-state index contributed by atoms with van der Waals surface area (Å²) in [6, 6.07) is 7.14. The van der Waals surface area contributed by atoms with E-state index in [4.69, 9.17) is 15.2 Å². The van der Waals surface area contributed by atoms with Gasteiger partial charge in [0, 0.05) is 26.3 Å². The highest BCUT2D eigenvalue weighted by Crippen LogP contribution is 2.17. The predicted molar refractivity (Wildman–Crippen MR) is 83.6 cm³/mol. The van der Waals surface area contributed by atoms with Crippen molar-refractivity contribution in [3.05, 3.63) is 29.8 Å². The molecular formula is C16H26N2O3. The van der Waals surface area contributed by atoms with Gasteiger partial charge >= 0.3 is 0 Å². The lowest BCUT2D eigenvalue weighted by Crippen LogP contribution is -2.39. The molecule has 0 unspecified atom stereocenters. The first kappa shape index (κ1) is 17.5. The van der Waals surface area contributed by atoms with Crippen LogP contribution in [0.4, 0.5) is 0 Å². The Labute approximate surface area is 127 Å². The molecule has 0 heterocycles. The second kappa shape index (κ2) is 8.00. The number of amides is 1. The van der Waals surface area contributed by atoms with Crippen LogP contribution in [0.5, 0.6) is 5.75 Å². The third-order valence-electron chi connectivity index (χ3n) is 3.22. The zero-order chi connectivity index (χ0) is 15.9. The number of ether oxygens (including phenoxy) is 2. The van der Waals surface area contributed by atoms with Gasteiger partial charge in [-0.1, -0.05) is 13.8 Å². The van der Waals surface area contributed by atoms with E-state index in [0.717, 1.165) is 5.75 Å². The third kappa shape index (κ3) is 5.73.